The van der Waals surface area contributed by atoms with Gasteiger partial charge in [0.2, 0.25) is 5.88 Å². The highest BCUT2D eigenvalue weighted by Gasteiger charge is 2.12. The van der Waals surface area contributed by atoms with Gasteiger partial charge in [-0.15, -0.1) is 0 Å². The Kier molecular flexibility index (Phi) is 8.66. The number of aryl methyl sites for hydroxylation is 1. The summed E-state index contributed by atoms with van der Waals surface area (Å²) in [5.41, 5.74) is 4.40. The third-order valence-electron chi connectivity index (χ3n) is 5.27. The van der Waals surface area contributed by atoms with E-state index in [1.54, 1.807) is 0 Å². The summed E-state index contributed by atoms with van der Waals surface area (Å²) in [6.45, 7) is 13.9. The topological polar surface area (TPSA) is 50.2 Å². The fourth-order valence-corrected chi connectivity index (χ4v) is 3.57. The highest BCUT2D eigenvalue weighted by Crippen LogP contribution is 2.22. The number of nitrogens with zero attached hydrogens (tertiary/aromatic N) is 4. The molecule has 1 fully saturated rings. The first kappa shape index (κ1) is 22.2. The molecule has 0 atom stereocenters. The highest BCUT2D eigenvalue weighted by atomic mass is 16.5. The lowest BCUT2D eigenvalue weighted by Crippen LogP contribution is -2.38. The fraction of sp³-hybridized carbons (Fsp3) is 0.500. The average molecular weight is 411 g/mol. The third kappa shape index (κ3) is 6.82. The van der Waals surface area contributed by atoms with Crippen LogP contribution in [0.5, 0.6) is 5.88 Å². The second-order valence-electron chi connectivity index (χ2n) is 7.51. The number of anilines is 1. The molecule has 0 saturated carbocycles. The number of pyridine rings is 1. The minimum atomic E-state index is 0.531. The second kappa shape index (κ2) is 11.7. The van der Waals surface area contributed by atoms with Crippen LogP contribution in [-0.4, -0.2) is 68.6 Å². The van der Waals surface area contributed by atoms with E-state index < -0.39 is 0 Å². The van der Waals surface area contributed by atoms with Gasteiger partial charge in [0, 0.05) is 50.7 Å². The molecule has 1 saturated heterocycles. The molecule has 6 nitrogen and oxygen atoms in total. The maximum absolute atomic E-state index is 6.04. The first-order chi connectivity index (χ1) is 14.7. The van der Waals surface area contributed by atoms with E-state index in [1.807, 2.05) is 12.3 Å². The summed E-state index contributed by atoms with van der Waals surface area (Å²) in [5, 5.41) is 0. The van der Waals surface area contributed by atoms with Crippen LogP contribution in [0.15, 0.2) is 41.4 Å². The van der Waals surface area contributed by atoms with E-state index >= 15 is 0 Å². The number of rotatable bonds is 10. The van der Waals surface area contributed by atoms with Crippen molar-refractivity contribution < 1.29 is 9.47 Å². The molecule has 1 aliphatic rings. The van der Waals surface area contributed by atoms with E-state index in [1.165, 1.54) is 5.56 Å². The third-order valence-corrected chi connectivity index (χ3v) is 5.27. The molecular formula is C24H34N4O2. The molecule has 0 spiro atoms. The zero-order valence-electron chi connectivity index (χ0n) is 18.5. The predicted octanol–water partition coefficient (Wildman–Crippen LogP) is 3.57. The molecule has 0 N–H and O–H groups in total. The van der Waals surface area contributed by atoms with E-state index in [0.29, 0.717) is 19.0 Å². The molecule has 2 aromatic rings. The Morgan fingerprint density at radius 2 is 1.97 bits per heavy atom. The highest BCUT2D eigenvalue weighted by molar-refractivity contribution is 5.79. The molecule has 1 aliphatic heterocycles. The van der Waals surface area contributed by atoms with Crippen molar-refractivity contribution in [2.75, 3.05) is 57.4 Å². The number of hydrogen-bond acceptors (Lipinski definition) is 6. The largest absolute Gasteiger partial charge is 0.476 e. The Labute approximate surface area is 180 Å². The van der Waals surface area contributed by atoms with Crippen molar-refractivity contribution in [3.8, 4) is 5.88 Å². The number of ether oxygens (including phenoxy) is 2. The van der Waals surface area contributed by atoms with Crippen molar-refractivity contribution in [1.29, 1.82) is 0 Å². The summed E-state index contributed by atoms with van der Waals surface area (Å²) in [7, 11) is 0. The van der Waals surface area contributed by atoms with Gasteiger partial charge < -0.3 is 14.4 Å². The number of hydrogen-bond donors (Lipinski definition) is 0. The molecule has 2 heterocycles. The Morgan fingerprint density at radius 3 is 2.70 bits per heavy atom. The summed E-state index contributed by atoms with van der Waals surface area (Å²) in [6.07, 6.45) is 1.91. The normalized spacial score (nSPS) is 14.9. The monoisotopic (exact) mass is 410 g/mol. The molecule has 1 aromatic carbocycles. The number of benzene rings is 1. The molecule has 0 unspecified atom stereocenters. The van der Waals surface area contributed by atoms with Crippen molar-refractivity contribution >= 4 is 11.9 Å². The minimum absolute atomic E-state index is 0.531. The Hall–Kier alpha value is -2.44. The summed E-state index contributed by atoms with van der Waals surface area (Å²) >= 11 is 0. The van der Waals surface area contributed by atoms with Gasteiger partial charge in [0.05, 0.1) is 25.5 Å². The summed E-state index contributed by atoms with van der Waals surface area (Å²) in [4.78, 5) is 14.0. The Morgan fingerprint density at radius 1 is 1.17 bits per heavy atom. The molecule has 162 valence electrons. The van der Waals surface area contributed by atoms with Crippen LogP contribution in [0, 0.1) is 6.92 Å². The standard InChI is InChI=1S/C24H34N4O2/c1-4-28(5-2)23-16-22(19-25-18-21-8-6-7-20(3)15-21)26-24(17-23)30-14-11-27-9-12-29-13-10-27/h6-8,15-18H,4-5,9-14,19H2,1-3H3. The van der Waals surface area contributed by atoms with Crippen LogP contribution < -0.4 is 9.64 Å². The van der Waals surface area contributed by atoms with Crippen molar-refractivity contribution in [2.24, 2.45) is 4.99 Å². The maximum Gasteiger partial charge on any atom is 0.215 e. The SMILES string of the molecule is CCN(CC)c1cc(CN=Cc2cccc(C)c2)nc(OCCN2CCOCC2)c1. The molecular weight excluding hydrogens is 376 g/mol. The quantitative estimate of drug-likeness (QED) is 0.561. The van der Waals surface area contributed by atoms with Crippen molar-refractivity contribution in [2.45, 2.75) is 27.3 Å². The van der Waals surface area contributed by atoms with Crippen molar-refractivity contribution in [3.63, 3.8) is 0 Å². The van der Waals surface area contributed by atoms with Gasteiger partial charge >= 0.3 is 0 Å². The van der Waals surface area contributed by atoms with Crippen LogP contribution in [0.1, 0.15) is 30.7 Å². The number of aliphatic imine (C=N–C) groups is 1. The smallest absolute Gasteiger partial charge is 0.215 e. The number of morpholine rings is 1. The first-order valence-corrected chi connectivity index (χ1v) is 10.9. The van der Waals surface area contributed by atoms with Crippen LogP contribution in [-0.2, 0) is 11.3 Å². The van der Waals surface area contributed by atoms with Crippen LogP contribution in [0.4, 0.5) is 5.69 Å². The van der Waals surface area contributed by atoms with Crippen LogP contribution in [0.3, 0.4) is 0 Å². The molecule has 1 aromatic heterocycles. The van der Waals surface area contributed by atoms with E-state index in [4.69, 9.17) is 14.5 Å². The minimum Gasteiger partial charge on any atom is -0.476 e. The lowest BCUT2D eigenvalue weighted by molar-refractivity contribution is 0.0320. The molecule has 0 aliphatic carbocycles. The van der Waals surface area contributed by atoms with Gasteiger partial charge in [0.15, 0.2) is 0 Å². The Bertz CT molecular complexity index is 815. The molecule has 30 heavy (non-hydrogen) atoms. The van der Waals surface area contributed by atoms with Crippen molar-refractivity contribution in [3.05, 3.63) is 53.2 Å². The average Bonchev–Trinajstić information content (AvgIpc) is 2.75. The zero-order valence-corrected chi connectivity index (χ0v) is 18.5. The maximum atomic E-state index is 6.04. The van der Waals surface area contributed by atoms with Crippen molar-refractivity contribution in [1.82, 2.24) is 9.88 Å². The number of aromatic nitrogens is 1. The van der Waals surface area contributed by atoms with Gasteiger partial charge in [0.25, 0.3) is 0 Å². The predicted molar refractivity (Wildman–Crippen MR) is 123 cm³/mol. The fourth-order valence-electron chi connectivity index (χ4n) is 3.57. The van der Waals surface area contributed by atoms with Crippen LogP contribution >= 0.6 is 0 Å². The molecule has 0 bridgehead atoms. The molecule has 6 heteroatoms. The van der Waals surface area contributed by atoms with E-state index in [0.717, 1.165) is 62.9 Å². The van der Waals surface area contributed by atoms with E-state index in [-0.39, 0.29) is 0 Å². The van der Waals surface area contributed by atoms with Gasteiger partial charge in [-0.3, -0.25) is 9.89 Å². The second-order valence-corrected chi connectivity index (χ2v) is 7.51. The van der Waals surface area contributed by atoms with Gasteiger partial charge in [-0.1, -0.05) is 29.8 Å². The van der Waals surface area contributed by atoms with E-state index in [2.05, 4.69) is 65.9 Å². The Balaban J connectivity index is 1.67. The van der Waals surface area contributed by atoms with Crippen LogP contribution in [0.25, 0.3) is 0 Å². The first-order valence-electron chi connectivity index (χ1n) is 10.9. The summed E-state index contributed by atoms with van der Waals surface area (Å²) in [5.74, 6) is 0.674. The van der Waals surface area contributed by atoms with Gasteiger partial charge in [-0.2, -0.15) is 0 Å². The zero-order chi connectivity index (χ0) is 21.2. The van der Waals surface area contributed by atoms with Crippen LogP contribution in [0.2, 0.25) is 0 Å². The molecule has 0 radical (unpaired) electrons. The van der Waals surface area contributed by atoms with Gasteiger partial charge in [0.1, 0.15) is 6.61 Å². The van der Waals surface area contributed by atoms with Gasteiger partial charge in [-0.05, 0) is 32.4 Å². The molecule has 0 amide bonds. The summed E-state index contributed by atoms with van der Waals surface area (Å²) < 4.78 is 11.4. The lowest BCUT2D eigenvalue weighted by atomic mass is 10.1. The summed E-state index contributed by atoms with van der Waals surface area (Å²) in [6, 6.07) is 12.5. The lowest BCUT2D eigenvalue weighted by Gasteiger charge is -2.26. The molecule has 3 rings (SSSR count). The van der Waals surface area contributed by atoms with Gasteiger partial charge in [-0.25, -0.2) is 4.98 Å². The van der Waals surface area contributed by atoms with E-state index in [9.17, 15) is 0 Å².